The van der Waals surface area contributed by atoms with Gasteiger partial charge in [0.05, 0.1) is 7.11 Å². The Hall–Kier alpha value is -1.84. The van der Waals surface area contributed by atoms with E-state index in [1.807, 2.05) is 37.3 Å². The van der Waals surface area contributed by atoms with Gasteiger partial charge in [-0.3, -0.25) is 0 Å². The summed E-state index contributed by atoms with van der Waals surface area (Å²) in [6.45, 7) is 2.39. The highest BCUT2D eigenvalue weighted by Crippen LogP contribution is 2.01. The third-order valence-electron chi connectivity index (χ3n) is 1.75. The molecule has 0 fully saturated rings. The van der Waals surface area contributed by atoms with Gasteiger partial charge in [0.1, 0.15) is 0 Å². The maximum Gasteiger partial charge on any atom is 0.344 e. The van der Waals surface area contributed by atoms with Crippen LogP contribution in [0.15, 0.2) is 35.3 Å². The van der Waals surface area contributed by atoms with Crippen LogP contribution in [0, 0.1) is 0 Å². The summed E-state index contributed by atoms with van der Waals surface area (Å²) in [6.07, 6.45) is 0. The predicted molar refractivity (Wildman–Crippen MR) is 59.1 cm³/mol. The molecule has 1 rings (SSSR count). The van der Waals surface area contributed by atoms with Gasteiger partial charge in [-0.05, 0) is 19.1 Å². The summed E-state index contributed by atoms with van der Waals surface area (Å²) < 4.78 is 5.04. The molecule has 0 aliphatic carbocycles. The fraction of sp³-hybridized carbons (Fsp3) is 0.273. The minimum atomic E-state index is -0.391. The van der Waals surface area contributed by atoms with Gasteiger partial charge >= 0.3 is 6.03 Å². The molecule has 80 valence electrons. The van der Waals surface area contributed by atoms with Crippen LogP contribution >= 0.6 is 0 Å². The number of nitrogens with zero attached hydrogens (tertiary/aromatic N) is 1. The van der Waals surface area contributed by atoms with Gasteiger partial charge < -0.3 is 10.1 Å². The van der Waals surface area contributed by atoms with Crippen molar-refractivity contribution in [2.45, 2.75) is 6.92 Å². The van der Waals surface area contributed by atoms with Gasteiger partial charge in [0, 0.05) is 12.1 Å². The Morgan fingerprint density at radius 1 is 1.40 bits per heavy atom. The molecule has 2 amide bonds. The van der Waals surface area contributed by atoms with E-state index >= 15 is 0 Å². The van der Waals surface area contributed by atoms with E-state index in [1.54, 1.807) is 0 Å². The molecular formula is C11H14N2O2. The minimum absolute atomic E-state index is 0.321. The first-order chi connectivity index (χ1) is 7.27. The molecule has 0 saturated heterocycles. The van der Waals surface area contributed by atoms with Crippen LogP contribution in [0.25, 0.3) is 0 Å². The lowest BCUT2D eigenvalue weighted by Crippen LogP contribution is -2.21. The monoisotopic (exact) mass is 206 g/mol. The van der Waals surface area contributed by atoms with E-state index in [-0.39, 0.29) is 0 Å². The van der Waals surface area contributed by atoms with Gasteiger partial charge in [-0.25, -0.2) is 4.79 Å². The van der Waals surface area contributed by atoms with Crippen LogP contribution in [0.4, 0.5) is 4.79 Å². The van der Waals surface area contributed by atoms with E-state index in [9.17, 15) is 4.79 Å². The van der Waals surface area contributed by atoms with Gasteiger partial charge in [-0.15, -0.1) is 0 Å². The third-order valence-corrected chi connectivity index (χ3v) is 1.75. The van der Waals surface area contributed by atoms with Crippen molar-refractivity contribution in [3.05, 3.63) is 35.9 Å². The van der Waals surface area contributed by atoms with E-state index < -0.39 is 6.03 Å². The van der Waals surface area contributed by atoms with Crippen molar-refractivity contribution >= 4 is 11.9 Å². The Balaban J connectivity index is 2.84. The topological polar surface area (TPSA) is 50.7 Å². The number of carbonyl (C=O) groups excluding carboxylic acids is 1. The molecule has 1 aromatic rings. The lowest BCUT2D eigenvalue weighted by Gasteiger charge is -2.04. The fourth-order valence-electron chi connectivity index (χ4n) is 1.09. The quantitative estimate of drug-likeness (QED) is 0.592. The highest BCUT2D eigenvalue weighted by molar-refractivity contribution is 6.00. The van der Waals surface area contributed by atoms with Crippen molar-refractivity contribution in [3.63, 3.8) is 0 Å². The second-order valence-corrected chi connectivity index (χ2v) is 2.82. The summed E-state index contributed by atoms with van der Waals surface area (Å²) >= 11 is 0. The standard InChI is InChI=1S/C11H14N2O2/c1-3-12-11(14)13-10(15-2)9-7-5-4-6-8-9/h4-8H,3H2,1-2H3,(H,12,14)/b13-10+. The number of methoxy groups -OCH3 is 1. The average molecular weight is 206 g/mol. The Labute approximate surface area is 89.0 Å². The Bertz CT molecular complexity index is 347. The Morgan fingerprint density at radius 3 is 2.60 bits per heavy atom. The van der Waals surface area contributed by atoms with Crippen LogP contribution in [0.5, 0.6) is 0 Å². The number of ether oxygens (including phenoxy) is 1. The van der Waals surface area contributed by atoms with Gasteiger partial charge in [0.25, 0.3) is 0 Å². The van der Waals surface area contributed by atoms with Crippen LogP contribution in [0.1, 0.15) is 12.5 Å². The highest BCUT2D eigenvalue weighted by atomic mass is 16.5. The van der Waals surface area contributed by atoms with Crippen molar-refractivity contribution in [2.24, 2.45) is 4.99 Å². The van der Waals surface area contributed by atoms with Crippen LogP contribution in [0.2, 0.25) is 0 Å². The van der Waals surface area contributed by atoms with Gasteiger partial charge in [-0.2, -0.15) is 4.99 Å². The summed E-state index contributed by atoms with van der Waals surface area (Å²) in [5, 5.41) is 2.57. The molecule has 0 saturated carbocycles. The lowest BCUT2D eigenvalue weighted by atomic mass is 10.2. The smallest absolute Gasteiger partial charge is 0.344 e. The maximum atomic E-state index is 11.2. The second-order valence-electron chi connectivity index (χ2n) is 2.82. The number of hydrogen-bond donors (Lipinski definition) is 1. The van der Waals surface area contributed by atoms with Crippen molar-refractivity contribution < 1.29 is 9.53 Å². The average Bonchev–Trinajstić information content (AvgIpc) is 2.27. The van der Waals surface area contributed by atoms with Crippen molar-refractivity contribution in [1.82, 2.24) is 5.32 Å². The zero-order chi connectivity index (χ0) is 11.1. The van der Waals surface area contributed by atoms with Crippen LogP contribution in [0.3, 0.4) is 0 Å². The molecule has 0 spiro atoms. The zero-order valence-corrected chi connectivity index (χ0v) is 8.86. The summed E-state index contributed by atoms with van der Waals surface area (Å²) in [5.41, 5.74) is 0.784. The molecule has 0 bridgehead atoms. The Kier molecular flexibility index (Phi) is 4.34. The molecule has 0 heterocycles. The molecule has 1 aromatic carbocycles. The Morgan fingerprint density at radius 2 is 2.07 bits per heavy atom. The van der Waals surface area contributed by atoms with Crippen molar-refractivity contribution in [3.8, 4) is 0 Å². The van der Waals surface area contributed by atoms with E-state index in [0.717, 1.165) is 5.56 Å². The SMILES string of the molecule is CCNC(=O)/N=C(/OC)c1ccccc1. The number of benzene rings is 1. The summed E-state index contributed by atoms with van der Waals surface area (Å²) in [4.78, 5) is 15.0. The first kappa shape index (κ1) is 11.2. The molecule has 0 radical (unpaired) electrons. The molecule has 4 heteroatoms. The van der Waals surface area contributed by atoms with Crippen LogP contribution < -0.4 is 5.32 Å². The van der Waals surface area contributed by atoms with Crippen molar-refractivity contribution in [1.29, 1.82) is 0 Å². The zero-order valence-electron chi connectivity index (χ0n) is 8.86. The molecule has 0 unspecified atom stereocenters. The van der Waals surface area contributed by atoms with Gasteiger partial charge in [0.2, 0.25) is 5.90 Å². The predicted octanol–water partition coefficient (Wildman–Crippen LogP) is 1.81. The van der Waals surface area contributed by atoms with Gasteiger partial charge in [-0.1, -0.05) is 18.2 Å². The molecule has 4 nitrogen and oxygen atoms in total. The highest BCUT2D eigenvalue weighted by Gasteiger charge is 2.04. The first-order valence-corrected chi connectivity index (χ1v) is 4.74. The number of rotatable bonds is 2. The minimum Gasteiger partial charge on any atom is -0.480 e. The molecular weight excluding hydrogens is 192 g/mol. The van der Waals surface area contributed by atoms with E-state index in [1.165, 1.54) is 7.11 Å². The number of nitrogens with one attached hydrogen (secondary N) is 1. The molecule has 15 heavy (non-hydrogen) atoms. The number of aliphatic imine (C=N–C) groups is 1. The fourth-order valence-corrected chi connectivity index (χ4v) is 1.09. The lowest BCUT2D eigenvalue weighted by molar-refractivity contribution is 0.249. The molecule has 0 aromatic heterocycles. The number of urea groups is 1. The normalized spacial score (nSPS) is 10.9. The molecule has 0 aliphatic rings. The largest absolute Gasteiger partial charge is 0.480 e. The van der Waals surface area contributed by atoms with Gasteiger partial charge in [0.15, 0.2) is 0 Å². The summed E-state index contributed by atoms with van der Waals surface area (Å²) in [6, 6.07) is 8.90. The molecule has 0 atom stereocenters. The van der Waals surface area contributed by atoms with E-state index in [2.05, 4.69) is 10.3 Å². The second kappa shape index (κ2) is 5.80. The molecule has 1 N–H and O–H groups in total. The summed E-state index contributed by atoms with van der Waals surface area (Å²) in [7, 11) is 1.49. The number of carbonyl (C=O) groups is 1. The summed E-state index contributed by atoms with van der Waals surface area (Å²) in [5.74, 6) is 0.321. The maximum absolute atomic E-state index is 11.2. The third kappa shape index (κ3) is 3.42. The van der Waals surface area contributed by atoms with E-state index in [4.69, 9.17) is 4.74 Å². The van der Waals surface area contributed by atoms with E-state index in [0.29, 0.717) is 12.4 Å². The van der Waals surface area contributed by atoms with Crippen LogP contribution in [-0.4, -0.2) is 25.6 Å². The number of amides is 2. The van der Waals surface area contributed by atoms with Crippen LogP contribution in [-0.2, 0) is 4.74 Å². The number of hydrogen-bond acceptors (Lipinski definition) is 2. The van der Waals surface area contributed by atoms with Crippen molar-refractivity contribution in [2.75, 3.05) is 13.7 Å². The first-order valence-electron chi connectivity index (χ1n) is 4.74. The molecule has 0 aliphatic heterocycles.